The summed E-state index contributed by atoms with van der Waals surface area (Å²) in [5.74, 6) is 2.20. The smallest absolute Gasteiger partial charge is 0.162 e. The Hall–Kier alpha value is -3.23. The minimum atomic E-state index is -0.535. The summed E-state index contributed by atoms with van der Waals surface area (Å²) >= 11 is 0. The number of hydrogen-bond acceptors (Lipinski definition) is 6. The van der Waals surface area contributed by atoms with Crippen molar-refractivity contribution >= 4 is 22.3 Å². The zero-order valence-corrected chi connectivity index (χ0v) is 18.2. The van der Waals surface area contributed by atoms with E-state index in [0.717, 1.165) is 46.6 Å². The van der Waals surface area contributed by atoms with Crippen molar-refractivity contribution < 1.29 is 14.6 Å². The third-order valence-corrected chi connectivity index (χ3v) is 5.87. The Morgan fingerprint density at radius 2 is 2.00 bits per heavy atom. The summed E-state index contributed by atoms with van der Waals surface area (Å²) in [4.78, 5) is 6.44. The van der Waals surface area contributed by atoms with E-state index >= 15 is 0 Å². The fourth-order valence-electron chi connectivity index (χ4n) is 4.37. The van der Waals surface area contributed by atoms with E-state index in [1.165, 1.54) is 12.8 Å². The molecule has 0 saturated carbocycles. The van der Waals surface area contributed by atoms with Gasteiger partial charge in [-0.15, -0.1) is 0 Å². The highest BCUT2D eigenvalue weighted by atomic mass is 16.5. The molecule has 0 spiro atoms. The van der Waals surface area contributed by atoms with Crippen LogP contribution in [0, 0.1) is 0 Å². The normalized spacial score (nSPS) is 15.4. The topological polar surface area (TPSA) is 98.4 Å². The number of nitrogens with one attached hydrogen (secondary N) is 3. The first-order chi connectivity index (χ1) is 15.7. The predicted molar refractivity (Wildman–Crippen MR) is 125 cm³/mol. The number of β-amino-alcohol motifs (C(OH)–C–C–N with tert-alkyl or cyclic N) is 1. The van der Waals surface area contributed by atoms with Crippen molar-refractivity contribution in [3.05, 3.63) is 42.7 Å². The van der Waals surface area contributed by atoms with Gasteiger partial charge in [-0.25, -0.2) is 0 Å². The first-order valence-corrected chi connectivity index (χ1v) is 11.2. The Bertz CT molecular complexity index is 1130. The maximum absolute atomic E-state index is 10.4. The van der Waals surface area contributed by atoms with Gasteiger partial charge in [0.2, 0.25) is 0 Å². The van der Waals surface area contributed by atoms with E-state index < -0.39 is 6.10 Å². The number of fused-ring (bicyclic) bond motifs is 3. The highest BCUT2D eigenvalue weighted by molar-refractivity contribution is 6.05. The molecule has 8 heteroatoms. The number of hydrogen-bond donors (Lipinski definition) is 4. The van der Waals surface area contributed by atoms with Gasteiger partial charge in [0.1, 0.15) is 18.5 Å². The monoisotopic (exact) mass is 435 g/mol. The SMILES string of the molecule is CCOc1cc2cc3c(Nc4cccnc4)[nH][nH]c-3c2cc1OCC(O)CN1CCCC1. The summed E-state index contributed by atoms with van der Waals surface area (Å²) in [6.45, 7) is 5.47. The van der Waals surface area contributed by atoms with Crippen LogP contribution in [0.15, 0.2) is 42.7 Å². The second-order valence-electron chi connectivity index (χ2n) is 8.22. The molecule has 3 aliphatic rings. The van der Waals surface area contributed by atoms with Crippen molar-refractivity contribution in [2.75, 3.05) is 38.2 Å². The van der Waals surface area contributed by atoms with Crippen molar-refractivity contribution in [3.63, 3.8) is 0 Å². The van der Waals surface area contributed by atoms with Gasteiger partial charge in [-0.3, -0.25) is 15.2 Å². The predicted octanol–water partition coefficient (Wildman–Crippen LogP) is 3.97. The van der Waals surface area contributed by atoms with Crippen LogP contribution < -0.4 is 14.8 Å². The van der Waals surface area contributed by atoms with Crippen LogP contribution in [0.3, 0.4) is 0 Å². The van der Waals surface area contributed by atoms with Gasteiger partial charge in [0.25, 0.3) is 0 Å². The lowest BCUT2D eigenvalue weighted by Gasteiger charge is -2.20. The molecule has 0 bridgehead atoms. The van der Waals surface area contributed by atoms with E-state index in [1.807, 2.05) is 31.2 Å². The second kappa shape index (κ2) is 9.10. The summed E-state index contributed by atoms with van der Waals surface area (Å²) in [5, 5.41) is 22.4. The average Bonchev–Trinajstić information content (AvgIpc) is 3.52. The van der Waals surface area contributed by atoms with E-state index in [9.17, 15) is 5.11 Å². The quantitative estimate of drug-likeness (QED) is 0.318. The molecule has 1 fully saturated rings. The minimum absolute atomic E-state index is 0.233. The van der Waals surface area contributed by atoms with Gasteiger partial charge in [-0.1, -0.05) is 0 Å². The number of ether oxygens (including phenoxy) is 2. The third-order valence-electron chi connectivity index (χ3n) is 5.87. The Morgan fingerprint density at radius 3 is 2.78 bits per heavy atom. The van der Waals surface area contributed by atoms with Gasteiger partial charge in [0.15, 0.2) is 11.5 Å². The third kappa shape index (κ3) is 4.24. The van der Waals surface area contributed by atoms with E-state index in [2.05, 4.69) is 31.5 Å². The molecule has 1 unspecified atom stereocenters. The number of anilines is 2. The average molecular weight is 436 g/mol. The molecule has 1 aromatic heterocycles. The Kier molecular flexibility index (Phi) is 5.87. The van der Waals surface area contributed by atoms with Crippen LogP contribution in [0.4, 0.5) is 11.5 Å². The van der Waals surface area contributed by atoms with Crippen LogP contribution >= 0.6 is 0 Å². The molecule has 1 aliphatic carbocycles. The second-order valence-corrected chi connectivity index (χ2v) is 8.22. The summed E-state index contributed by atoms with van der Waals surface area (Å²) in [6, 6.07) is 9.97. The van der Waals surface area contributed by atoms with Gasteiger partial charge in [0.05, 0.1) is 24.2 Å². The highest BCUT2D eigenvalue weighted by Gasteiger charge is 2.21. The largest absolute Gasteiger partial charge is 0.490 e. The van der Waals surface area contributed by atoms with Gasteiger partial charge in [-0.2, -0.15) is 0 Å². The Morgan fingerprint density at radius 1 is 1.16 bits per heavy atom. The van der Waals surface area contributed by atoms with Crippen LogP contribution in [0.5, 0.6) is 11.5 Å². The van der Waals surface area contributed by atoms with Gasteiger partial charge in [-0.05, 0) is 68.6 Å². The van der Waals surface area contributed by atoms with Crippen molar-refractivity contribution in [2.45, 2.75) is 25.9 Å². The molecule has 32 heavy (non-hydrogen) atoms. The van der Waals surface area contributed by atoms with Crippen LogP contribution in [-0.4, -0.2) is 64.1 Å². The zero-order chi connectivity index (χ0) is 21.9. The van der Waals surface area contributed by atoms with E-state index in [-0.39, 0.29) is 6.61 Å². The molecule has 2 aliphatic heterocycles. The lowest BCUT2D eigenvalue weighted by atomic mass is 10.2. The number of pyridine rings is 1. The number of aliphatic hydroxyl groups excluding tert-OH is 1. The molecule has 1 aromatic carbocycles. The lowest BCUT2D eigenvalue weighted by molar-refractivity contribution is 0.0745. The zero-order valence-electron chi connectivity index (χ0n) is 18.2. The molecular formula is C24H29N5O3. The Balaban J connectivity index is 1.38. The maximum atomic E-state index is 10.4. The van der Waals surface area contributed by atoms with Crippen molar-refractivity contribution in [2.24, 2.45) is 0 Å². The van der Waals surface area contributed by atoms with E-state index in [1.54, 1.807) is 12.4 Å². The maximum Gasteiger partial charge on any atom is 0.162 e. The number of aromatic amines is 2. The van der Waals surface area contributed by atoms with Gasteiger partial charge < -0.3 is 24.8 Å². The van der Waals surface area contributed by atoms with Crippen LogP contribution in [0.2, 0.25) is 0 Å². The number of H-pyrrole nitrogens is 2. The molecule has 1 saturated heterocycles. The standard InChI is InChI=1S/C24H29N5O3/c1-2-31-21-11-16-10-20-23(27-28-24(20)26-17-6-5-7-25-13-17)19(16)12-22(21)32-15-18(30)14-29-8-3-4-9-29/h5-7,10-13,18,26-28,30H,2-4,8-9,14-15H2,1H3. The van der Waals surface area contributed by atoms with Crippen LogP contribution in [0.1, 0.15) is 19.8 Å². The first kappa shape index (κ1) is 20.7. The number of nitrogens with zero attached hydrogens (tertiary/aromatic N) is 2. The molecule has 4 N–H and O–H groups in total. The number of aromatic nitrogens is 3. The van der Waals surface area contributed by atoms with E-state index in [4.69, 9.17) is 9.47 Å². The van der Waals surface area contributed by atoms with Crippen LogP contribution in [-0.2, 0) is 0 Å². The van der Waals surface area contributed by atoms with Crippen LogP contribution in [0.25, 0.3) is 22.0 Å². The number of aliphatic hydroxyl groups is 1. The van der Waals surface area contributed by atoms with Gasteiger partial charge >= 0.3 is 0 Å². The number of benzene rings is 1. The molecule has 8 nitrogen and oxygen atoms in total. The molecule has 1 atom stereocenters. The summed E-state index contributed by atoms with van der Waals surface area (Å²) < 4.78 is 11.9. The molecule has 2 aromatic rings. The molecular weight excluding hydrogens is 406 g/mol. The summed E-state index contributed by atoms with van der Waals surface area (Å²) in [6.07, 6.45) is 5.40. The minimum Gasteiger partial charge on any atom is -0.490 e. The number of rotatable bonds is 9. The molecule has 3 heterocycles. The fraction of sp³-hybridized carbons (Fsp3) is 0.375. The molecule has 168 valence electrons. The van der Waals surface area contributed by atoms with Crippen molar-refractivity contribution in [1.29, 1.82) is 0 Å². The van der Waals surface area contributed by atoms with Gasteiger partial charge in [0, 0.05) is 23.7 Å². The first-order valence-electron chi connectivity index (χ1n) is 11.2. The van der Waals surface area contributed by atoms with Crippen molar-refractivity contribution in [1.82, 2.24) is 20.1 Å². The fourth-order valence-corrected chi connectivity index (χ4v) is 4.37. The lowest BCUT2D eigenvalue weighted by Crippen LogP contribution is -2.33. The molecule has 0 amide bonds. The van der Waals surface area contributed by atoms with E-state index in [0.29, 0.717) is 24.7 Å². The molecule has 5 rings (SSSR count). The highest BCUT2D eigenvalue weighted by Crippen LogP contribution is 2.43. The number of likely N-dealkylation sites (tertiary alicyclic amines) is 1. The molecule has 0 radical (unpaired) electrons. The summed E-state index contributed by atoms with van der Waals surface area (Å²) in [7, 11) is 0. The Labute approximate surface area is 186 Å². The van der Waals surface area contributed by atoms with Crippen molar-refractivity contribution in [3.8, 4) is 22.8 Å². The summed E-state index contributed by atoms with van der Waals surface area (Å²) in [5.41, 5.74) is 2.93.